The van der Waals surface area contributed by atoms with Crippen molar-refractivity contribution in [3.8, 4) is 5.75 Å². The number of nitrogens with zero attached hydrogens (tertiary/aromatic N) is 2. The first-order valence-electron chi connectivity index (χ1n) is 7.98. The minimum absolute atomic E-state index is 0.762. The number of unbranched alkanes of at least 4 members (excludes halogenated alkanes) is 1. The van der Waals surface area contributed by atoms with E-state index in [0.717, 1.165) is 43.7 Å². The number of hydrogen-bond acceptors (Lipinski definition) is 2. The summed E-state index contributed by atoms with van der Waals surface area (Å²) in [6.07, 6.45) is 5.13. The van der Waals surface area contributed by atoms with Crippen molar-refractivity contribution in [2.45, 2.75) is 32.7 Å². The Kier molecular flexibility index (Phi) is 4.74. The number of para-hydroxylation sites is 2. The SMILES string of the molecule is CCc1ccc(OCCCCn2cnc3ccccc32)cc1. The molecule has 0 saturated heterocycles. The lowest BCUT2D eigenvalue weighted by Gasteiger charge is -2.07. The summed E-state index contributed by atoms with van der Waals surface area (Å²) >= 11 is 0. The zero-order valence-electron chi connectivity index (χ0n) is 13.0. The van der Waals surface area contributed by atoms with Gasteiger partial charge in [-0.15, -0.1) is 0 Å². The zero-order valence-corrected chi connectivity index (χ0v) is 13.0. The van der Waals surface area contributed by atoms with Crippen molar-refractivity contribution >= 4 is 11.0 Å². The Morgan fingerprint density at radius 2 is 1.82 bits per heavy atom. The van der Waals surface area contributed by atoms with E-state index in [-0.39, 0.29) is 0 Å². The van der Waals surface area contributed by atoms with Gasteiger partial charge >= 0.3 is 0 Å². The van der Waals surface area contributed by atoms with Crippen LogP contribution >= 0.6 is 0 Å². The molecule has 0 radical (unpaired) electrons. The van der Waals surface area contributed by atoms with E-state index in [9.17, 15) is 0 Å². The largest absolute Gasteiger partial charge is 0.494 e. The van der Waals surface area contributed by atoms with Gasteiger partial charge in [0.1, 0.15) is 5.75 Å². The highest BCUT2D eigenvalue weighted by molar-refractivity contribution is 5.74. The van der Waals surface area contributed by atoms with E-state index in [4.69, 9.17) is 4.74 Å². The van der Waals surface area contributed by atoms with Gasteiger partial charge in [0, 0.05) is 6.54 Å². The molecule has 0 spiro atoms. The van der Waals surface area contributed by atoms with E-state index in [1.54, 1.807) is 0 Å². The molecule has 3 rings (SSSR count). The predicted molar refractivity (Wildman–Crippen MR) is 90.3 cm³/mol. The van der Waals surface area contributed by atoms with E-state index < -0.39 is 0 Å². The summed E-state index contributed by atoms with van der Waals surface area (Å²) in [6.45, 7) is 3.91. The van der Waals surface area contributed by atoms with Crippen LogP contribution in [0.3, 0.4) is 0 Å². The second-order valence-electron chi connectivity index (χ2n) is 5.48. The third kappa shape index (κ3) is 3.48. The summed E-state index contributed by atoms with van der Waals surface area (Å²) in [4.78, 5) is 4.41. The number of aryl methyl sites for hydroxylation is 2. The van der Waals surface area contributed by atoms with Gasteiger partial charge < -0.3 is 9.30 Å². The molecule has 3 heteroatoms. The second-order valence-corrected chi connectivity index (χ2v) is 5.48. The Labute approximate surface area is 131 Å². The van der Waals surface area contributed by atoms with Crippen LogP contribution in [-0.2, 0) is 13.0 Å². The smallest absolute Gasteiger partial charge is 0.119 e. The Morgan fingerprint density at radius 1 is 1.00 bits per heavy atom. The fourth-order valence-corrected chi connectivity index (χ4v) is 2.58. The van der Waals surface area contributed by atoms with Crippen molar-refractivity contribution in [2.75, 3.05) is 6.61 Å². The molecule has 114 valence electrons. The van der Waals surface area contributed by atoms with Crippen molar-refractivity contribution in [3.05, 3.63) is 60.4 Å². The maximum Gasteiger partial charge on any atom is 0.119 e. The average molecular weight is 294 g/mol. The van der Waals surface area contributed by atoms with Gasteiger partial charge in [0.05, 0.1) is 24.0 Å². The van der Waals surface area contributed by atoms with Gasteiger partial charge in [0.25, 0.3) is 0 Å². The van der Waals surface area contributed by atoms with E-state index in [2.05, 4.69) is 58.9 Å². The van der Waals surface area contributed by atoms with Gasteiger partial charge in [-0.1, -0.05) is 31.2 Å². The molecular formula is C19H22N2O. The number of ether oxygens (including phenoxy) is 1. The third-order valence-corrected chi connectivity index (χ3v) is 3.92. The van der Waals surface area contributed by atoms with Crippen LogP contribution in [0.25, 0.3) is 11.0 Å². The minimum atomic E-state index is 0.762. The van der Waals surface area contributed by atoms with E-state index in [0.29, 0.717) is 0 Å². The van der Waals surface area contributed by atoms with Crippen molar-refractivity contribution in [2.24, 2.45) is 0 Å². The molecule has 0 aliphatic carbocycles. The molecule has 22 heavy (non-hydrogen) atoms. The van der Waals surface area contributed by atoms with Gasteiger partial charge in [-0.3, -0.25) is 0 Å². The molecule has 1 heterocycles. The van der Waals surface area contributed by atoms with Crippen molar-refractivity contribution in [1.29, 1.82) is 0 Å². The molecule has 0 atom stereocenters. The molecule has 0 N–H and O–H groups in total. The minimum Gasteiger partial charge on any atom is -0.494 e. The number of imidazole rings is 1. The Balaban J connectivity index is 1.43. The lowest BCUT2D eigenvalue weighted by molar-refractivity contribution is 0.303. The summed E-state index contributed by atoms with van der Waals surface area (Å²) in [5.74, 6) is 0.963. The van der Waals surface area contributed by atoms with Crippen LogP contribution in [-0.4, -0.2) is 16.2 Å². The van der Waals surface area contributed by atoms with Crippen LogP contribution in [0.15, 0.2) is 54.9 Å². The summed E-state index contributed by atoms with van der Waals surface area (Å²) in [6, 6.07) is 16.6. The lowest BCUT2D eigenvalue weighted by atomic mass is 10.2. The zero-order chi connectivity index (χ0) is 15.2. The first-order chi connectivity index (χ1) is 10.9. The average Bonchev–Trinajstić information content (AvgIpc) is 2.98. The highest BCUT2D eigenvalue weighted by atomic mass is 16.5. The standard InChI is InChI=1S/C19H22N2O/c1-2-16-9-11-17(12-10-16)22-14-6-5-13-21-15-20-18-7-3-4-8-19(18)21/h3-4,7-12,15H,2,5-6,13-14H2,1H3. The highest BCUT2D eigenvalue weighted by Crippen LogP contribution is 2.14. The molecule has 3 aromatic rings. The Bertz CT molecular complexity index is 716. The molecule has 3 nitrogen and oxygen atoms in total. The monoisotopic (exact) mass is 294 g/mol. The van der Waals surface area contributed by atoms with E-state index >= 15 is 0 Å². The fraction of sp³-hybridized carbons (Fsp3) is 0.316. The van der Waals surface area contributed by atoms with Crippen LogP contribution in [0.4, 0.5) is 0 Å². The normalized spacial score (nSPS) is 11.0. The molecule has 0 aliphatic heterocycles. The fourth-order valence-electron chi connectivity index (χ4n) is 2.58. The first kappa shape index (κ1) is 14.6. The molecule has 0 fully saturated rings. The summed E-state index contributed by atoms with van der Waals surface area (Å²) in [5.41, 5.74) is 3.62. The maximum atomic E-state index is 5.79. The molecule has 0 bridgehead atoms. The van der Waals surface area contributed by atoms with Crippen molar-refractivity contribution < 1.29 is 4.74 Å². The first-order valence-corrected chi connectivity index (χ1v) is 7.98. The molecule has 2 aromatic carbocycles. The Hall–Kier alpha value is -2.29. The molecule has 1 aromatic heterocycles. The van der Waals surface area contributed by atoms with E-state index in [1.165, 1.54) is 11.1 Å². The van der Waals surface area contributed by atoms with Gasteiger partial charge in [-0.25, -0.2) is 4.98 Å². The van der Waals surface area contributed by atoms with Crippen LogP contribution < -0.4 is 4.74 Å². The number of hydrogen-bond donors (Lipinski definition) is 0. The molecule has 0 amide bonds. The van der Waals surface area contributed by atoms with Gasteiger partial charge in [0.2, 0.25) is 0 Å². The quantitative estimate of drug-likeness (QED) is 0.602. The lowest BCUT2D eigenvalue weighted by Crippen LogP contribution is -2.01. The highest BCUT2D eigenvalue weighted by Gasteiger charge is 2.01. The van der Waals surface area contributed by atoms with Gasteiger partial charge in [-0.05, 0) is 49.1 Å². The van der Waals surface area contributed by atoms with Gasteiger partial charge in [-0.2, -0.15) is 0 Å². The molecule has 0 aliphatic rings. The van der Waals surface area contributed by atoms with Crippen LogP contribution in [0, 0.1) is 0 Å². The number of aromatic nitrogens is 2. The molecular weight excluding hydrogens is 272 g/mol. The van der Waals surface area contributed by atoms with E-state index in [1.807, 2.05) is 12.4 Å². The molecule has 0 saturated carbocycles. The summed E-state index contributed by atoms with van der Waals surface area (Å²) in [7, 11) is 0. The van der Waals surface area contributed by atoms with Gasteiger partial charge in [0.15, 0.2) is 0 Å². The maximum absolute atomic E-state index is 5.79. The van der Waals surface area contributed by atoms with Crippen LogP contribution in [0.5, 0.6) is 5.75 Å². The number of benzene rings is 2. The van der Waals surface area contributed by atoms with Crippen LogP contribution in [0.1, 0.15) is 25.3 Å². The van der Waals surface area contributed by atoms with Crippen molar-refractivity contribution in [1.82, 2.24) is 9.55 Å². The number of fused-ring (bicyclic) bond motifs is 1. The van der Waals surface area contributed by atoms with Crippen molar-refractivity contribution in [3.63, 3.8) is 0 Å². The summed E-state index contributed by atoms with van der Waals surface area (Å²) < 4.78 is 8.00. The predicted octanol–water partition coefficient (Wildman–Crippen LogP) is 4.46. The Morgan fingerprint density at radius 3 is 2.64 bits per heavy atom. The van der Waals surface area contributed by atoms with Crippen LogP contribution in [0.2, 0.25) is 0 Å². The third-order valence-electron chi connectivity index (χ3n) is 3.92. The summed E-state index contributed by atoms with van der Waals surface area (Å²) in [5, 5.41) is 0. The topological polar surface area (TPSA) is 27.1 Å². The number of rotatable bonds is 7. The molecule has 0 unspecified atom stereocenters. The second kappa shape index (κ2) is 7.12.